The Morgan fingerprint density at radius 1 is 0.885 bits per heavy atom. The average molecular weight is 342 g/mol. The van der Waals surface area contributed by atoms with Crippen molar-refractivity contribution >= 4 is 0 Å². The minimum atomic E-state index is -0.755. The number of rotatable bonds is 6. The van der Waals surface area contributed by atoms with Crippen molar-refractivity contribution in [2.45, 2.75) is 19.0 Å². The first-order valence-corrected chi connectivity index (χ1v) is 8.60. The van der Waals surface area contributed by atoms with Crippen molar-refractivity contribution in [2.24, 2.45) is 0 Å². The number of methoxy groups -OCH3 is 1. The summed E-state index contributed by atoms with van der Waals surface area (Å²) < 4.78 is 5.18. The van der Waals surface area contributed by atoms with Crippen molar-refractivity contribution < 1.29 is 4.74 Å². The van der Waals surface area contributed by atoms with Gasteiger partial charge in [-0.3, -0.25) is 5.32 Å². The number of nitrogens with one attached hydrogen (secondary N) is 1. The van der Waals surface area contributed by atoms with E-state index in [9.17, 15) is 5.26 Å². The van der Waals surface area contributed by atoms with Gasteiger partial charge in [0, 0.05) is 6.54 Å². The molecule has 3 heteroatoms. The van der Waals surface area contributed by atoms with E-state index < -0.39 is 5.54 Å². The van der Waals surface area contributed by atoms with Crippen molar-refractivity contribution in [3.8, 4) is 22.9 Å². The molecule has 3 aromatic carbocycles. The Bertz CT molecular complexity index is 880. The van der Waals surface area contributed by atoms with Crippen LogP contribution < -0.4 is 10.1 Å². The van der Waals surface area contributed by atoms with Crippen LogP contribution in [-0.4, -0.2) is 7.11 Å². The van der Waals surface area contributed by atoms with Gasteiger partial charge in [0.15, 0.2) is 0 Å². The number of benzene rings is 3. The summed E-state index contributed by atoms with van der Waals surface area (Å²) in [6.45, 7) is 2.52. The monoisotopic (exact) mass is 342 g/mol. The maximum Gasteiger partial charge on any atom is 0.129 e. The van der Waals surface area contributed by atoms with E-state index in [0.29, 0.717) is 6.54 Å². The van der Waals surface area contributed by atoms with Crippen LogP contribution in [0.4, 0.5) is 0 Å². The summed E-state index contributed by atoms with van der Waals surface area (Å²) >= 11 is 0. The van der Waals surface area contributed by atoms with Gasteiger partial charge in [0.25, 0.3) is 0 Å². The van der Waals surface area contributed by atoms with E-state index in [0.717, 1.165) is 22.4 Å². The van der Waals surface area contributed by atoms with Crippen LogP contribution in [0.25, 0.3) is 11.1 Å². The molecular formula is C23H22N2O. The molecule has 0 fully saturated rings. The molecule has 130 valence electrons. The third kappa shape index (κ3) is 3.93. The number of hydrogen-bond acceptors (Lipinski definition) is 3. The highest BCUT2D eigenvalue weighted by atomic mass is 16.5. The van der Waals surface area contributed by atoms with Gasteiger partial charge in [-0.15, -0.1) is 0 Å². The van der Waals surface area contributed by atoms with Gasteiger partial charge in [-0.1, -0.05) is 66.7 Å². The lowest BCUT2D eigenvalue weighted by atomic mass is 9.91. The molecule has 1 N–H and O–H groups in total. The Kier molecular flexibility index (Phi) is 5.36. The van der Waals surface area contributed by atoms with Crippen molar-refractivity contribution in [2.75, 3.05) is 7.11 Å². The first-order chi connectivity index (χ1) is 12.6. The molecule has 26 heavy (non-hydrogen) atoms. The van der Waals surface area contributed by atoms with Crippen LogP contribution in [-0.2, 0) is 12.1 Å². The predicted octanol–water partition coefficient (Wildman–Crippen LogP) is 4.89. The summed E-state index contributed by atoms with van der Waals surface area (Å²) in [5, 5.41) is 13.1. The fraction of sp³-hybridized carbons (Fsp3) is 0.174. The Morgan fingerprint density at radius 3 is 2.08 bits per heavy atom. The fourth-order valence-corrected chi connectivity index (χ4v) is 2.85. The van der Waals surface area contributed by atoms with Crippen molar-refractivity contribution in [3.05, 3.63) is 90.0 Å². The highest BCUT2D eigenvalue weighted by Crippen LogP contribution is 2.25. The van der Waals surface area contributed by atoms with Crippen LogP contribution in [0, 0.1) is 11.3 Å². The van der Waals surface area contributed by atoms with Crippen LogP contribution >= 0.6 is 0 Å². The van der Waals surface area contributed by atoms with Gasteiger partial charge in [-0.25, -0.2) is 0 Å². The van der Waals surface area contributed by atoms with E-state index in [1.165, 1.54) is 5.56 Å². The minimum Gasteiger partial charge on any atom is -0.497 e. The zero-order valence-corrected chi connectivity index (χ0v) is 15.1. The molecule has 0 spiro atoms. The number of hydrogen-bond donors (Lipinski definition) is 1. The Morgan fingerprint density at radius 2 is 1.50 bits per heavy atom. The number of nitriles is 1. The Hall–Kier alpha value is -3.09. The summed E-state index contributed by atoms with van der Waals surface area (Å²) in [5.74, 6) is 0.827. The van der Waals surface area contributed by atoms with Crippen molar-refractivity contribution in [1.29, 1.82) is 5.26 Å². The molecule has 1 unspecified atom stereocenters. The molecule has 1 atom stereocenters. The van der Waals surface area contributed by atoms with Gasteiger partial charge in [-0.2, -0.15) is 5.26 Å². The van der Waals surface area contributed by atoms with Gasteiger partial charge in [0.05, 0.1) is 13.2 Å². The molecule has 0 aliphatic rings. The van der Waals surface area contributed by atoms with Crippen molar-refractivity contribution in [1.82, 2.24) is 5.32 Å². The molecule has 0 aliphatic carbocycles. The van der Waals surface area contributed by atoms with E-state index in [1.807, 2.05) is 61.5 Å². The van der Waals surface area contributed by atoms with Crippen molar-refractivity contribution in [3.63, 3.8) is 0 Å². The van der Waals surface area contributed by atoms with E-state index in [4.69, 9.17) is 4.74 Å². The average Bonchev–Trinajstić information content (AvgIpc) is 2.73. The maximum absolute atomic E-state index is 9.75. The third-order valence-corrected chi connectivity index (χ3v) is 4.60. The SMILES string of the molecule is COc1ccc(CNC(C)(C#N)c2ccc(-c3ccccc3)cc2)cc1. The van der Waals surface area contributed by atoms with E-state index in [2.05, 4.69) is 35.7 Å². The van der Waals surface area contributed by atoms with Gasteiger partial charge in [0.1, 0.15) is 11.3 Å². The molecule has 3 nitrogen and oxygen atoms in total. The van der Waals surface area contributed by atoms with E-state index >= 15 is 0 Å². The molecule has 0 aromatic heterocycles. The first-order valence-electron chi connectivity index (χ1n) is 8.60. The second-order valence-electron chi connectivity index (χ2n) is 6.38. The zero-order valence-electron chi connectivity index (χ0n) is 15.1. The molecule has 0 amide bonds. The van der Waals surface area contributed by atoms with Gasteiger partial charge < -0.3 is 4.74 Å². The predicted molar refractivity (Wildman–Crippen MR) is 105 cm³/mol. The minimum absolute atomic E-state index is 0.606. The Balaban J connectivity index is 1.75. The van der Waals surface area contributed by atoms with E-state index in [1.54, 1.807) is 7.11 Å². The Labute approximate surface area is 154 Å². The quantitative estimate of drug-likeness (QED) is 0.693. The van der Waals surface area contributed by atoms with Crippen LogP contribution in [0.3, 0.4) is 0 Å². The highest BCUT2D eigenvalue weighted by molar-refractivity contribution is 5.63. The fourth-order valence-electron chi connectivity index (χ4n) is 2.85. The van der Waals surface area contributed by atoms with E-state index in [-0.39, 0.29) is 0 Å². The van der Waals surface area contributed by atoms with Gasteiger partial charge >= 0.3 is 0 Å². The zero-order chi connectivity index (χ0) is 18.4. The van der Waals surface area contributed by atoms with Crippen LogP contribution in [0.5, 0.6) is 5.75 Å². The van der Waals surface area contributed by atoms with Crippen LogP contribution in [0.15, 0.2) is 78.9 Å². The summed E-state index contributed by atoms with van der Waals surface area (Å²) in [6, 6.07) is 28.7. The largest absolute Gasteiger partial charge is 0.497 e. The molecule has 0 bridgehead atoms. The molecule has 0 aliphatic heterocycles. The topological polar surface area (TPSA) is 45.0 Å². The number of nitrogens with zero attached hydrogens (tertiary/aromatic N) is 1. The highest BCUT2D eigenvalue weighted by Gasteiger charge is 2.25. The summed E-state index contributed by atoms with van der Waals surface area (Å²) in [7, 11) is 1.65. The number of ether oxygens (including phenoxy) is 1. The maximum atomic E-state index is 9.75. The molecular weight excluding hydrogens is 320 g/mol. The summed E-state index contributed by atoms with van der Waals surface area (Å²) in [6.07, 6.45) is 0. The third-order valence-electron chi connectivity index (χ3n) is 4.60. The molecule has 0 saturated carbocycles. The summed E-state index contributed by atoms with van der Waals surface area (Å²) in [5.41, 5.74) is 3.62. The molecule has 0 heterocycles. The van der Waals surface area contributed by atoms with Gasteiger partial charge in [0.2, 0.25) is 0 Å². The summed E-state index contributed by atoms with van der Waals surface area (Å²) in [4.78, 5) is 0. The molecule has 0 radical (unpaired) electrons. The van der Waals surface area contributed by atoms with Gasteiger partial charge in [-0.05, 0) is 41.3 Å². The first kappa shape index (κ1) is 17.7. The lowest BCUT2D eigenvalue weighted by molar-refractivity contribution is 0.414. The normalized spacial score (nSPS) is 12.8. The lowest BCUT2D eigenvalue weighted by Gasteiger charge is -2.24. The molecule has 3 aromatic rings. The molecule has 0 saturated heterocycles. The molecule has 3 rings (SSSR count). The van der Waals surface area contributed by atoms with Crippen LogP contribution in [0.2, 0.25) is 0 Å². The second kappa shape index (κ2) is 7.86. The standard InChI is InChI=1S/C23H22N2O/c1-23(17-24,25-16-18-8-14-22(26-2)15-9-18)21-12-10-20(11-13-21)19-6-4-3-5-7-19/h3-15,25H,16H2,1-2H3. The second-order valence-corrected chi connectivity index (χ2v) is 6.38. The van der Waals surface area contributed by atoms with Crippen LogP contribution in [0.1, 0.15) is 18.1 Å². The lowest BCUT2D eigenvalue weighted by Crippen LogP contribution is -2.37. The smallest absolute Gasteiger partial charge is 0.129 e.